The van der Waals surface area contributed by atoms with Crippen molar-refractivity contribution in [3.05, 3.63) is 54.6 Å². The van der Waals surface area contributed by atoms with Gasteiger partial charge >= 0.3 is 0 Å². The van der Waals surface area contributed by atoms with Gasteiger partial charge in [-0.2, -0.15) is 0 Å². The third kappa shape index (κ3) is 3.88. The van der Waals surface area contributed by atoms with E-state index in [0.29, 0.717) is 11.7 Å². The molecule has 1 fully saturated rings. The molecule has 2 aromatic rings. The number of carbonyl (C=O) groups excluding carboxylic acids is 1. The van der Waals surface area contributed by atoms with Gasteiger partial charge in [-0.05, 0) is 48.9 Å². The summed E-state index contributed by atoms with van der Waals surface area (Å²) in [5.74, 6) is 1.33. The van der Waals surface area contributed by atoms with E-state index < -0.39 is 0 Å². The first kappa shape index (κ1) is 14.6. The van der Waals surface area contributed by atoms with Crippen LogP contribution in [0.2, 0.25) is 0 Å². The molecule has 1 amide bonds. The van der Waals surface area contributed by atoms with Gasteiger partial charge in [0.25, 0.3) is 5.91 Å². The lowest BCUT2D eigenvalue weighted by molar-refractivity contribution is -0.123. The molecule has 1 atom stereocenters. The fourth-order valence-electron chi connectivity index (χ4n) is 2.53. The Balaban J connectivity index is 1.51. The molecule has 1 unspecified atom stereocenters. The van der Waals surface area contributed by atoms with Crippen LogP contribution >= 0.6 is 0 Å². The van der Waals surface area contributed by atoms with Crippen molar-refractivity contribution >= 4 is 5.91 Å². The van der Waals surface area contributed by atoms with Crippen LogP contribution in [0.4, 0.5) is 0 Å². The molecule has 0 saturated heterocycles. The Bertz CT molecular complexity index is 618. The van der Waals surface area contributed by atoms with E-state index in [4.69, 9.17) is 4.74 Å². The average molecular weight is 295 g/mol. The summed E-state index contributed by atoms with van der Waals surface area (Å²) in [5.41, 5.74) is 2.31. The fourth-order valence-corrected chi connectivity index (χ4v) is 2.53. The number of ether oxygens (including phenoxy) is 1. The second-order valence-corrected chi connectivity index (χ2v) is 5.87. The van der Waals surface area contributed by atoms with Crippen molar-refractivity contribution in [3.63, 3.8) is 0 Å². The van der Waals surface area contributed by atoms with Crippen LogP contribution in [0.3, 0.4) is 0 Å². The van der Waals surface area contributed by atoms with Gasteiger partial charge in [0.05, 0.1) is 0 Å². The van der Waals surface area contributed by atoms with Crippen molar-refractivity contribution < 1.29 is 9.53 Å². The highest BCUT2D eigenvalue weighted by Crippen LogP contribution is 2.32. The first-order valence-corrected chi connectivity index (χ1v) is 7.80. The molecule has 0 aliphatic heterocycles. The van der Waals surface area contributed by atoms with Crippen molar-refractivity contribution in [2.45, 2.75) is 25.8 Å². The maximum Gasteiger partial charge on any atom is 0.258 e. The number of rotatable bonds is 6. The fraction of sp³-hybridized carbons (Fsp3) is 0.316. The third-order valence-corrected chi connectivity index (χ3v) is 4.05. The largest absolute Gasteiger partial charge is 0.484 e. The molecule has 1 aliphatic rings. The zero-order valence-electron chi connectivity index (χ0n) is 12.8. The maximum atomic E-state index is 11.8. The standard InChI is InChI=1S/C19H21NO2/c1-14(15-7-8-15)20-19(21)13-22-18-11-9-17(10-12-18)16-5-3-2-4-6-16/h2-6,9-12,14-15H,7-8,13H2,1H3,(H,20,21). The number of amides is 1. The van der Waals surface area contributed by atoms with Crippen molar-refractivity contribution in [1.82, 2.24) is 5.32 Å². The number of hydrogen-bond acceptors (Lipinski definition) is 2. The molecule has 0 aromatic heterocycles. The van der Waals surface area contributed by atoms with E-state index in [2.05, 4.69) is 24.4 Å². The minimum atomic E-state index is -0.0495. The van der Waals surface area contributed by atoms with Gasteiger partial charge in [-0.1, -0.05) is 42.5 Å². The molecule has 1 aliphatic carbocycles. The molecule has 22 heavy (non-hydrogen) atoms. The Morgan fingerprint density at radius 1 is 1.09 bits per heavy atom. The molecular weight excluding hydrogens is 274 g/mol. The summed E-state index contributed by atoms with van der Waals surface area (Å²) in [5, 5.41) is 2.99. The highest BCUT2D eigenvalue weighted by atomic mass is 16.5. The minimum absolute atomic E-state index is 0.0495. The summed E-state index contributed by atoms with van der Waals surface area (Å²) in [6, 6.07) is 18.3. The van der Waals surface area contributed by atoms with Crippen molar-refractivity contribution in [1.29, 1.82) is 0 Å². The van der Waals surface area contributed by atoms with E-state index in [9.17, 15) is 4.79 Å². The van der Waals surface area contributed by atoms with Gasteiger partial charge in [0, 0.05) is 6.04 Å². The van der Waals surface area contributed by atoms with E-state index in [-0.39, 0.29) is 18.6 Å². The normalized spacial score (nSPS) is 15.1. The number of carbonyl (C=O) groups is 1. The van der Waals surface area contributed by atoms with Gasteiger partial charge < -0.3 is 10.1 Å². The lowest BCUT2D eigenvalue weighted by atomic mass is 10.1. The molecule has 2 aromatic carbocycles. The highest BCUT2D eigenvalue weighted by Gasteiger charge is 2.28. The van der Waals surface area contributed by atoms with E-state index in [1.54, 1.807) is 0 Å². The van der Waals surface area contributed by atoms with Gasteiger partial charge in [-0.25, -0.2) is 0 Å². The van der Waals surface area contributed by atoms with E-state index in [0.717, 1.165) is 5.56 Å². The van der Waals surface area contributed by atoms with E-state index in [1.807, 2.05) is 42.5 Å². The van der Waals surface area contributed by atoms with E-state index >= 15 is 0 Å². The molecule has 3 heteroatoms. The van der Waals surface area contributed by atoms with Crippen molar-refractivity contribution in [3.8, 4) is 16.9 Å². The Labute approximate surface area is 131 Å². The second kappa shape index (κ2) is 6.65. The number of benzene rings is 2. The van der Waals surface area contributed by atoms with Crippen LogP contribution in [0.15, 0.2) is 54.6 Å². The van der Waals surface area contributed by atoms with Gasteiger partial charge in [0.2, 0.25) is 0 Å². The van der Waals surface area contributed by atoms with Crippen LogP contribution < -0.4 is 10.1 Å². The van der Waals surface area contributed by atoms with Crippen LogP contribution in [0.5, 0.6) is 5.75 Å². The predicted octanol–water partition coefficient (Wildman–Crippen LogP) is 3.65. The quantitative estimate of drug-likeness (QED) is 0.883. The van der Waals surface area contributed by atoms with Gasteiger partial charge in [0.15, 0.2) is 6.61 Å². The smallest absolute Gasteiger partial charge is 0.258 e. The van der Waals surface area contributed by atoms with Crippen LogP contribution in [-0.2, 0) is 4.79 Å². The first-order chi connectivity index (χ1) is 10.7. The first-order valence-electron chi connectivity index (χ1n) is 7.80. The monoisotopic (exact) mass is 295 g/mol. The summed E-state index contributed by atoms with van der Waals surface area (Å²) < 4.78 is 5.55. The molecule has 1 saturated carbocycles. The number of nitrogens with one attached hydrogen (secondary N) is 1. The zero-order chi connectivity index (χ0) is 15.4. The van der Waals surface area contributed by atoms with Gasteiger partial charge in [-0.3, -0.25) is 4.79 Å². The van der Waals surface area contributed by atoms with Crippen LogP contribution in [0, 0.1) is 5.92 Å². The topological polar surface area (TPSA) is 38.3 Å². The predicted molar refractivity (Wildman–Crippen MR) is 87.7 cm³/mol. The molecule has 0 bridgehead atoms. The average Bonchev–Trinajstić information content (AvgIpc) is 3.39. The highest BCUT2D eigenvalue weighted by molar-refractivity contribution is 5.78. The Morgan fingerprint density at radius 2 is 1.73 bits per heavy atom. The maximum absolute atomic E-state index is 11.8. The van der Waals surface area contributed by atoms with E-state index in [1.165, 1.54) is 18.4 Å². The summed E-state index contributed by atoms with van der Waals surface area (Å²) in [4.78, 5) is 11.8. The van der Waals surface area contributed by atoms with Crippen LogP contribution in [-0.4, -0.2) is 18.6 Å². The molecule has 114 valence electrons. The van der Waals surface area contributed by atoms with Crippen molar-refractivity contribution in [2.24, 2.45) is 5.92 Å². The summed E-state index contributed by atoms with van der Waals surface area (Å²) >= 11 is 0. The lowest BCUT2D eigenvalue weighted by Gasteiger charge is -2.13. The molecular formula is C19H21NO2. The molecule has 0 heterocycles. The Kier molecular flexibility index (Phi) is 4.42. The lowest BCUT2D eigenvalue weighted by Crippen LogP contribution is -2.37. The van der Waals surface area contributed by atoms with Crippen LogP contribution in [0.1, 0.15) is 19.8 Å². The summed E-state index contributed by atoms with van der Waals surface area (Å²) in [6.07, 6.45) is 2.45. The zero-order valence-corrected chi connectivity index (χ0v) is 12.8. The molecule has 3 rings (SSSR count). The SMILES string of the molecule is CC(NC(=O)COc1ccc(-c2ccccc2)cc1)C1CC1. The summed E-state index contributed by atoms with van der Waals surface area (Å²) in [7, 11) is 0. The molecule has 0 spiro atoms. The second-order valence-electron chi connectivity index (χ2n) is 5.87. The minimum Gasteiger partial charge on any atom is -0.484 e. The van der Waals surface area contributed by atoms with Crippen LogP contribution in [0.25, 0.3) is 11.1 Å². The molecule has 1 N–H and O–H groups in total. The molecule has 0 radical (unpaired) electrons. The summed E-state index contributed by atoms with van der Waals surface area (Å²) in [6.45, 7) is 2.13. The number of hydrogen-bond donors (Lipinski definition) is 1. The van der Waals surface area contributed by atoms with Gasteiger partial charge in [-0.15, -0.1) is 0 Å². The Hall–Kier alpha value is -2.29. The van der Waals surface area contributed by atoms with Crippen molar-refractivity contribution in [2.75, 3.05) is 6.61 Å². The molecule has 3 nitrogen and oxygen atoms in total. The van der Waals surface area contributed by atoms with Gasteiger partial charge in [0.1, 0.15) is 5.75 Å². The third-order valence-electron chi connectivity index (χ3n) is 4.05. The Morgan fingerprint density at radius 3 is 2.36 bits per heavy atom.